The summed E-state index contributed by atoms with van der Waals surface area (Å²) in [4.78, 5) is 11.7. The number of carbonyl (C=O) groups is 1. The number of hydrogen-bond acceptors (Lipinski definition) is 4. The first-order valence-electron chi connectivity index (χ1n) is 6.07. The van der Waals surface area contributed by atoms with Gasteiger partial charge < -0.3 is 5.32 Å². The van der Waals surface area contributed by atoms with E-state index < -0.39 is 0 Å². The van der Waals surface area contributed by atoms with Crippen molar-refractivity contribution in [3.8, 4) is 0 Å². The molecule has 1 unspecified atom stereocenters. The summed E-state index contributed by atoms with van der Waals surface area (Å²) in [6.45, 7) is 2.10. The van der Waals surface area contributed by atoms with Crippen molar-refractivity contribution in [2.45, 2.75) is 39.0 Å². The van der Waals surface area contributed by atoms with Crippen LogP contribution >= 0.6 is 11.3 Å². The molecule has 0 bridgehead atoms. The topological polar surface area (TPSA) is 54.9 Å². The Labute approximate surface area is 105 Å². The van der Waals surface area contributed by atoms with Gasteiger partial charge in [-0.15, -0.1) is 10.2 Å². The third-order valence-electron chi connectivity index (χ3n) is 2.74. The van der Waals surface area contributed by atoms with E-state index >= 15 is 0 Å². The molecule has 92 valence electrons. The highest BCUT2D eigenvalue weighted by Gasteiger charge is 2.15. The smallest absolute Gasteiger partial charge is 0.226 e. The molecule has 1 N–H and O–H groups in total. The molecule has 0 saturated carbocycles. The van der Waals surface area contributed by atoms with Gasteiger partial charge in [-0.3, -0.25) is 4.79 Å². The molecule has 5 heteroatoms. The average Bonchev–Trinajstić information content (AvgIpc) is 2.91. The van der Waals surface area contributed by atoms with Crippen molar-refractivity contribution in [1.82, 2.24) is 10.2 Å². The van der Waals surface area contributed by atoms with E-state index in [9.17, 15) is 4.79 Å². The molecule has 1 aliphatic carbocycles. The first-order chi connectivity index (χ1) is 8.28. The number of carbonyl (C=O) groups excluding carboxylic acids is 1. The molecule has 1 aliphatic rings. The van der Waals surface area contributed by atoms with Crippen molar-refractivity contribution in [3.05, 3.63) is 17.2 Å². The van der Waals surface area contributed by atoms with Crippen LogP contribution < -0.4 is 5.32 Å². The summed E-state index contributed by atoms with van der Waals surface area (Å²) >= 11 is 1.47. The van der Waals surface area contributed by atoms with E-state index in [4.69, 9.17) is 0 Å². The third-order valence-corrected chi connectivity index (χ3v) is 3.64. The zero-order valence-electron chi connectivity index (χ0n) is 9.98. The number of aromatic nitrogens is 2. The molecule has 0 radical (unpaired) electrons. The fourth-order valence-corrected chi connectivity index (χ4v) is 2.75. The van der Waals surface area contributed by atoms with Crippen LogP contribution in [0.2, 0.25) is 0 Å². The van der Waals surface area contributed by atoms with E-state index in [1.54, 1.807) is 0 Å². The number of rotatable bonds is 5. The second-order valence-electron chi connectivity index (χ2n) is 4.27. The molecule has 1 heterocycles. The highest BCUT2D eigenvalue weighted by atomic mass is 32.1. The van der Waals surface area contributed by atoms with E-state index in [0.29, 0.717) is 17.5 Å². The Morgan fingerprint density at radius 1 is 1.59 bits per heavy atom. The predicted octanol–water partition coefficient (Wildman–Crippen LogP) is 2.79. The number of hydrogen-bond donors (Lipinski definition) is 1. The molecule has 1 aromatic heterocycles. The van der Waals surface area contributed by atoms with Crippen LogP contribution in [0.4, 0.5) is 5.13 Å². The molecule has 0 aromatic carbocycles. The summed E-state index contributed by atoms with van der Waals surface area (Å²) in [5.74, 6) is 0.443. The van der Waals surface area contributed by atoms with Gasteiger partial charge in [-0.2, -0.15) is 0 Å². The summed E-state index contributed by atoms with van der Waals surface area (Å²) in [7, 11) is 0. The maximum atomic E-state index is 11.7. The summed E-state index contributed by atoms with van der Waals surface area (Å²) < 4.78 is 0. The zero-order chi connectivity index (χ0) is 12.1. The summed E-state index contributed by atoms with van der Waals surface area (Å²) in [5.41, 5.74) is 0. The number of allylic oxidation sites excluding steroid dienone is 2. The van der Waals surface area contributed by atoms with Gasteiger partial charge in [0.15, 0.2) is 0 Å². The van der Waals surface area contributed by atoms with Crippen molar-refractivity contribution in [2.24, 2.45) is 5.92 Å². The number of aryl methyl sites for hydroxylation is 1. The Hall–Kier alpha value is -1.23. The summed E-state index contributed by atoms with van der Waals surface area (Å²) in [5, 5.41) is 12.4. The van der Waals surface area contributed by atoms with Crippen molar-refractivity contribution in [2.75, 3.05) is 5.32 Å². The second-order valence-corrected chi connectivity index (χ2v) is 5.33. The van der Waals surface area contributed by atoms with Crippen molar-refractivity contribution < 1.29 is 4.79 Å². The van der Waals surface area contributed by atoms with E-state index in [-0.39, 0.29) is 5.91 Å². The highest BCUT2D eigenvalue weighted by molar-refractivity contribution is 7.15. The predicted molar refractivity (Wildman–Crippen MR) is 69.0 cm³/mol. The molecule has 0 fully saturated rings. The van der Waals surface area contributed by atoms with Crippen LogP contribution in [0.5, 0.6) is 0 Å². The molecule has 1 aromatic rings. The van der Waals surface area contributed by atoms with Gasteiger partial charge in [0.2, 0.25) is 11.0 Å². The second kappa shape index (κ2) is 5.91. The Balaban J connectivity index is 1.82. The monoisotopic (exact) mass is 251 g/mol. The molecule has 0 aliphatic heterocycles. The molecule has 0 spiro atoms. The molecule has 17 heavy (non-hydrogen) atoms. The lowest BCUT2D eigenvalue weighted by molar-refractivity contribution is -0.116. The minimum Gasteiger partial charge on any atom is -0.301 e. The van der Waals surface area contributed by atoms with Gasteiger partial charge in [0.05, 0.1) is 0 Å². The van der Waals surface area contributed by atoms with Crippen LogP contribution in [-0.4, -0.2) is 16.1 Å². The van der Waals surface area contributed by atoms with Gasteiger partial charge in [-0.1, -0.05) is 30.4 Å². The van der Waals surface area contributed by atoms with Crippen LogP contribution in [0.15, 0.2) is 12.2 Å². The molecule has 1 atom stereocenters. The summed E-state index contributed by atoms with van der Waals surface area (Å²) in [6.07, 6.45) is 8.99. The van der Waals surface area contributed by atoms with Crippen LogP contribution in [-0.2, 0) is 11.2 Å². The molecular formula is C12H17N3OS. The number of amides is 1. The maximum absolute atomic E-state index is 11.7. The standard InChI is InChI=1S/C12H17N3OS/c1-2-5-11-14-15-12(17-11)13-10(16)8-9-6-3-4-7-9/h3,6,9H,2,4-5,7-8H2,1H3,(H,13,15,16). The fourth-order valence-electron chi connectivity index (χ4n) is 1.89. The normalized spacial score (nSPS) is 18.5. The molecule has 2 rings (SSSR count). The van der Waals surface area contributed by atoms with Crippen molar-refractivity contribution >= 4 is 22.4 Å². The van der Waals surface area contributed by atoms with Gasteiger partial charge >= 0.3 is 0 Å². The van der Waals surface area contributed by atoms with Gasteiger partial charge in [0.1, 0.15) is 5.01 Å². The van der Waals surface area contributed by atoms with E-state index in [2.05, 4.69) is 34.6 Å². The van der Waals surface area contributed by atoms with Gasteiger partial charge in [0.25, 0.3) is 0 Å². The number of anilines is 1. The lowest BCUT2D eigenvalue weighted by Crippen LogP contribution is -2.14. The minimum absolute atomic E-state index is 0.0424. The summed E-state index contributed by atoms with van der Waals surface area (Å²) in [6, 6.07) is 0. The van der Waals surface area contributed by atoms with E-state index in [0.717, 1.165) is 30.7 Å². The third kappa shape index (κ3) is 3.63. The molecular weight excluding hydrogens is 234 g/mol. The van der Waals surface area contributed by atoms with Gasteiger partial charge in [0, 0.05) is 12.8 Å². The first kappa shape index (κ1) is 12.2. The molecule has 1 amide bonds. The Kier molecular flexibility index (Phi) is 4.25. The maximum Gasteiger partial charge on any atom is 0.226 e. The zero-order valence-corrected chi connectivity index (χ0v) is 10.8. The number of nitrogens with one attached hydrogen (secondary N) is 1. The lowest BCUT2D eigenvalue weighted by Gasteiger charge is -2.05. The van der Waals surface area contributed by atoms with Crippen LogP contribution in [0.1, 0.15) is 37.6 Å². The fraction of sp³-hybridized carbons (Fsp3) is 0.583. The SMILES string of the molecule is CCCc1nnc(NC(=O)CC2C=CCC2)s1. The van der Waals surface area contributed by atoms with Crippen LogP contribution in [0.3, 0.4) is 0 Å². The highest BCUT2D eigenvalue weighted by Crippen LogP contribution is 2.22. The van der Waals surface area contributed by atoms with E-state index in [1.165, 1.54) is 11.3 Å². The van der Waals surface area contributed by atoms with Crippen molar-refractivity contribution in [1.29, 1.82) is 0 Å². The first-order valence-corrected chi connectivity index (χ1v) is 6.88. The van der Waals surface area contributed by atoms with Crippen LogP contribution in [0.25, 0.3) is 0 Å². The van der Waals surface area contributed by atoms with Gasteiger partial charge in [-0.05, 0) is 25.2 Å². The van der Waals surface area contributed by atoms with Crippen LogP contribution in [0, 0.1) is 5.92 Å². The van der Waals surface area contributed by atoms with Gasteiger partial charge in [-0.25, -0.2) is 0 Å². The lowest BCUT2D eigenvalue weighted by atomic mass is 10.1. The Morgan fingerprint density at radius 3 is 3.18 bits per heavy atom. The Morgan fingerprint density at radius 2 is 2.47 bits per heavy atom. The van der Waals surface area contributed by atoms with Crippen molar-refractivity contribution in [3.63, 3.8) is 0 Å². The van der Waals surface area contributed by atoms with E-state index in [1.807, 2.05) is 0 Å². The minimum atomic E-state index is 0.0424. The molecule has 0 saturated heterocycles. The Bertz CT molecular complexity index is 414. The largest absolute Gasteiger partial charge is 0.301 e. The average molecular weight is 251 g/mol. The quantitative estimate of drug-likeness (QED) is 0.819. The molecule has 4 nitrogen and oxygen atoms in total. The number of nitrogens with zero attached hydrogens (tertiary/aromatic N) is 2.